The summed E-state index contributed by atoms with van der Waals surface area (Å²) in [5.41, 5.74) is 0. The second-order valence-corrected chi connectivity index (χ2v) is 24.5. The molecule has 0 atom stereocenters. The summed E-state index contributed by atoms with van der Waals surface area (Å²) >= 11 is 0. The predicted octanol–water partition coefficient (Wildman–Crippen LogP) is 8.28. The first-order chi connectivity index (χ1) is 29.8. The van der Waals surface area contributed by atoms with Crippen LogP contribution < -0.4 is 42.4 Å². The van der Waals surface area contributed by atoms with Crippen LogP contribution in [0.1, 0.15) is 0 Å². The summed E-state index contributed by atoms with van der Waals surface area (Å²) in [6.45, 7) is 12.2. The van der Waals surface area contributed by atoms with E-state index in [1.807, 2.05) is 0 Å². The molecule has 0 unspecified atom stereocenters. The van der Waals surface area contributed by atoms with Gasteiger partial charge in [-0.3, -0.25) is 6.79 Å². The van der Waals surface area contributed by atoms with Gasteiger partial charge in [-0.15, -0.1) is 0 Å². The van der Waals surface area contributed by atoms with Crippen molar-refractivity contribution in [3.63, 3.8) is 0 Å². The van der Waals surface area contributed by atoms with Crippen LogP contribution in [0.3, 0.4) is 0 Å². The van der Waals surface area contributed by atoms with Gasteiger partial charge in [0.05, 0.1) is 0 Å². The Bertz CT molecular complexity index is 1800. The monoisotopic (exact) mass is 973 g/mol. The van der Waals surface area contributed by atoms with Gasteiger partial charge in [-0.25, -0.2) is 0 Å². The molecule has 0 aliphatic heterocycles. The van der Waals surface area contributed by atoms with Crippen LogP contribution in [0.15, 0.2) is 243 Å². The van der Waals surface area contributed by atoms with Crippen LogP contribution in [-0.4, -0.2) is 32.2 Å². The average Bonchev–Trinajstić information content (AvgIpc) is 3.36. The minimum absolute atomic E-state index is 0. The van der Waals surface area contributed by atoms with Crippen LogP contribution in [0.5, 0.6) is 0 Å². The number of hydrogen-bond acceptors (Lipinski definition) is 3. The summed E-state index contributed by atoms with van der Waals surface area (Å²) in [6.07, 6.45) is 0. The zero-order chi connectivity index (χ0) is 42.6. The van der Waals surface area contributed by atoms with E-state index in [9.17, 15) is 0 Å². The van der Waals surface area contributed by atoms with Gasteiger partial charge in [-0.1, -0.05) is 146 Å². The summed E-state index contributed by atoms with van der Waals surface area (Å²) < 4.78 is 0. The fourth-order valence-electron chi connectivity index (χ4n) is 6.95. The van der Waals surface area contributed by atoms with Gasteiger partial charge >= 0.3 is 16.5 Å². The third-order valence-corrected chi connectivity index (χ3v) is 23.6. The molecule has 0 N–H and O–H groups in total. The van der Waals surface area contributed by atoms with Crippen molar-refractivity contribution < 1.29 is 47.4 Å². The van der Waals surface area contributed by atoms with Gasteiger partial charge in [0.2, 0.25) is 0 Å². The molecule has 0 spiro atoms. The van der Waals surface area contributed by atoms with Gasteiger partial charge in [0.25, 0.3) is 0 Å². The first-order valence-corrected chi connectivity index (χ1v) is 26.2. The molecule has 0 aliphatic rings. The van der Waals surface area contributed by atoms with Crippen molar-refractivity contribution in [2.45, 2.75) is 0 Å². The number of benzene rings is 8. The fraction of sp³-hybridized carbons (Fsp3) is 0.0377. The first kappa shape index (κ1) is 53.6. The third-order valence-electron chi connectivity index (χ3n) is 9.69. The maximum Gasteiger partial charge on any atom is 2.00 e. The van der Waals surface area contributed by atoms with Gasteiger partial charge < -0.3 is 28.0 Å². The maximum atomic E-state index is 7.75. The molecular formula is C53H49Ni2O3P4+3. The third kappa shape index (κ3) is 16.6. The predicted molar refractivity (Wildman–Crippen MR) is 270 cm³/mol. The van der Waals surface area contributed by atoms with Crippen LogP contribution in [0.25, 0.3) is 0 Å². The second kappa shape index (κ2) is 32.2. The van der Waals surface area contributed by atoms with Crippen LogP contribution in [0.4, 0.5) is 0 Å². The summed E-state index contributed by atoms with van der Waals surface area (Å²) in [5.74, 6) is 2.49. The Hall–Kier alpha value is -4.52. The normalized spacial score (nSPS) is 9.81. The summed E-state index contributed by atoms with van der Waals surface area (Å²) in [4.78, 5) is 22.8. The van der Waals surface area contributed by atoms with Crippen molar-refractivity contribution in [1.82, 2.24) is 0 Å². The maximum absolute atomic E-state index is 7.75. The van der Waals surface area contributed by atoms with Gasteiger partial charge in [0, 0.05) is 16.5 Å². The first-order valence-electron chi connectivity index (χ1n) is 19.3. The van der Waals surface area contributed by atoms with Gasteiger partial charge in [-0.2, -0.15) is 0 Å². The van der Waals surface area contributed by atoms with Crippen LogP contribution in [0.2, 0.25) is 0 Å². The molecule has 8 rings (SSSR count). The van der Waals surface area contributed by atoms with Crippen molar-refractivity contribution >= 4 is 94.5 Å². The van der Waals surface area contributed by atoms with Crippen molar-refractivity contribution in [3.05, 3.63) is 243 Å². The molecular weight excluding hydrogens is 926 g/mol. The Morgan fingerprint density at radius 1 is 0.258 bits per heavy atom. The van der Waals surface area contributed by atoms with E-state index in [-0.39, 0.29) is 33.0 Å². The quantitative estimate of drug-likeness (QED) is 0.0537. The zero-order valence-electron chi connectivity index (χ0n) is 33.9. The van der Waals surface area contributed by atoms with E-state index in [1.54, 1.807) is 0 Å². The van der Waals surface area contributed by atoms with E-state index in [0.717, 1.165) is 0 Å². The SMILES string of the molecule is [C-]=O.[C-]=O.[CH-]=O.[Ni+2].[Ni].c1ccc([PH+](C[PH+](c2ccccc2)c2ccccc2)c2ccccc2)cc1.c1ccc([PH+](C[PH+](c2ccccc2)c2ccccc2)c2ccccc2)cc1. The zero-order valence-corrected chi connectivity index (χ0v) is 39.9. The number of carbonyl (C=O) groups excluding carboxylic acids is 3. The Morgan fingerprint density at radius 2 is 0.355 bits per heavy atom. The molecule has 0 heterocycles. The summed E-state index contributed by atoms with van der Waals surface area (Å²) in [7, 11) is -3.39. The Kier molecular flexibility index (Phi) is 27.8. The average molecular weight is 975 g/mol. The van der Waals surface area contributed by atoms with Gasteiger partial charge in [0.15, 0.2) is 11.8 Å². The number of rotatable bonds is 12. The molecule has 2 radical (unpaired) electrons. The molecule has 0 saturated heterocycles. The molecule has 0 amide bonds. The summed E-state index contributed by atoms with van der Waals surface area (Å²) in [5, 5.41) is 12.0. The second-order valence-electron chi connectivity index (χ2n) is 13.2. The topological polar surface area (TPSA) is 51.2 Å². The molecule has 62 heavy (non-hydrogen) atoms. The fourth-order valence-corrected chi connectivity index (χ4v) is 22.4. The van der Waals surface area contributed by atoms with E-state index >= 15 is 0 Å². The van der Waals surface area contributed by atoms with Gasteiger partial charge in [-0.05, 0) is 97.1 Å². The Morgan fingerprint density at radius 3 is 0.452 bits per heavy atom. The molecule has 316 valence electrons. The van der Waals surface area contributed by atoms with Crippen LogP contribution in [-0.2, 0) is 47.4 Å². The molecule has 0 saturated carbocycles. The van der Waals surface area contributed by atoms with Crippen molar-refractivity contribution in [2.75, 3.05) is 11.8 Å². The Labute approximate surface area is 393 Å². The molecule has 0 aromatic heterocycles. The number of hydrogen-bond donors (Lipinski definition) is 0. The van der Waals surface area contributed by atoms with E-state index in [4.69, 9.17) is 14.4 Å². The van der Waals surface area contributed by atoms with Crippen molar-refractivity contribution in [2.24, 2.45) is 0 Å². The molecule has 0 aliphatic carbocycles. The molecule has 0 bridgehead atoms. The summed E-state index contributed by atoms with van der Waals surface area (Å²) in [6, 6.07) is 88.9. The van der Waals surface area contributed by atoms with E-state index < -0.39 is 31.7 Å². The standard InChI is InChI=1S/2C25H22P2.CHO.2CO.2Ni/c2*1-5-13-22(14-6-1)26(23-15-7-2-8-16-23)21-27(24-17-9-3-10-18-24)25-19-11-4-12-20-25;3*1-2;;/h2*1-20H,21H2;1H;;;;/q;;3*-1;;+2/p+4. The largest absolute Gasteiger partial charge is 2.00 e. The minimum atomic E-state index is -0.847. The van der Waals surface area contributed by atoms with Gasteiger partial charge in [0.1, 0.15) is 74.1 Å². The van der Waals surface area contributed by atoms with E-state index in [1.165, 1.54) is 54.2 Å². The Balaban J connectivity index is 0.000000370. The van der Waals surface area contributed by atoms with Crippen LogP contribution in [0, 0.1) is 0 Å². The van der Waals surface area contributed by atoms with E-state index in [2.05, 4.69) is 263 Å². The molecule has 3 nitrogen and oxygen atoms in total. The van der Waals surface area contributed by atoms with E-state index in [0.29, 0.717) is 0 Å². The van der Waals surface area contributed by atoms with Crippen LogP contribution >= 0.6 is 31.7 Å². The molecule has 8 aromatic rings. The smallest absolute Gasteiger partial charge is 0.573 e. The molecule has 8 aromatic carbocycles. The van der Waals surface area contributed by atoms with Crippen molar-refractivity contribution in [3.8, 4) is 0 Å². The molecule has 9 heteroatoms. The molecule has 0 fully saturated rings. The van der Waals surface area contributed by atoms with Crippen molar-refractivity contribution in [1.29, 1.82) is 0 Å². The minimum Gasteiger partial charge on any atom is -0.573 e.